The summed E-state index contributed by atoms with van der Waals surface area (Å²) in [5, 5.41) is 0. The van der Waals surface area contributed by atoms with Crippen molar-refractivity contribution >= 4 is 5.97 Å². The molecule has 0 aliphatic heterocycles. The molecule has 0 aliphatic carbocycles. The second-order valence-corrected chi connectivity index (χ2v) is 9.63. The van der Waals surface area contributed by atoms with Gasteiger partial charge in [0.15, 0.2) is 6.61 Å². The zero-order valence-corrected chi connectivity index (χ0v) is 19.9. The number of benzene rings is 2. The molecule has 170 valence electrons. The fourth-order valence-electron chi connectivity index (χ4n) is 3.70. The van der Waals surface area contributed by atoms with Crippen LogP contribution in [-0.4, -0.2) is 25.5 Å². The first-order valence-electron chi connectivity index (χ1n) is 11.2. The Hall–Kier alpha value is -2.33. The van der Waals surface area contributed by atoms with Crippen molar-refractivity contribution in [2.75, 3.05) is 13.2 Å². The van der Waals surface area contributed by atoms with Crippen molar-refractivity contribution in [1.82, 2.24) is 0 Å². The average Bonchev–Trinajstić information content (AvgIpc) is 2.70. The lowest BCUT2D eigenvalue weighted by Gasteiger charge is -2.27. The first-order valence-corrected chi connectivity index (χ1v) is 11.2. The molecule has 2 aromatic rings. The molecule has 0 bridgehead atoms. The van der Waals surface area contributed by atoms with Gasteiger partial charge in [-0.3, -0.25) is 0 Å². The highest BCUT2D eigenvalue weighted by molar-refractivity contribution is 5.71. The molecule has 0 N–H and O–H groups in total. The minimum Gasteiger partial charge on any atom is -0.482 e. The largest absolute Gasteiger partial charge is 0.482 e. The van der Waals surface area contributed by atoms with E-state index in [0.717, 1.165) is 12.0 Å². The van der Waals surface area contributed by atoms with Crippen LogP contribution in [0.3, 0.4) is 0 Å². The molecule has 0 saturated heterocycles. The van der Waals surface area contributed by atoms with Crippen LogP contribution >= 0.6 is 0 Å². The predicted molar refractivity (Wildman–Crippen MR) is 125 cm³/mol. The molecule has 0 aliphatic rings. The number of ether oxygens (including phenoxy) is 3. The summed E-state index contributed by atoms with van der Waals surface area (Å²) in [5.41, 5.74) is 2.43. The number of esters is 1. The molecule has 0 spiro atoms. The molecule has 0 radical (unpaired) electrons. The Bertz CT molecular complexity index is 779. The highest BCUT2D eigenvalue weighted by Gasteiger charge is 2.22. The maximum Gasteiger partial charge on any atom is 0.346 e. The van der Waals surface area contributed by atoms with E-state index >= 15 is 0 Å². The highest BCUT2D eigenvalue weighted by Crippen LogP contribution is 2.31. The van der Waals surface area contributed by atoms with Crippen LogP contribution in [0.1, 0.15) is 59.1 Å². The number of carbonyl (C=O) groups excluding carboxylic acids is 1. The Morgan fingerprint density at radius 3 is 2.13 bits per heavy atom. The maximum atomic E-state index is 12.4. The molecule has 2 aromatic carbocycles. The van der Waals surface area contributed by atoms with E-state index < -0.39 is 12.3 Å². The zero-order valence-electron chi connectivity index (χ0n) is 19.9. The van der Waals surface area contributed by atoms with Crippen molar-refractivity contribution in [3.63, 3.8) is 0 Å². The van der Waals surface area contributed by atoms with Crippen LogP contribution in [0, 0.1) is 11.8 Å². The van der Waals surface area contributed by atoms with Crippen molar-refractivity contribution in [1.29, 1.82) is 0 Å². The van der Waals surface area contributed by atoms with E-state index in [9.17, 15) is 4.79 Å². The van der Waals surface area contributed by atoms with Gasteiger partial charge < -0.3 is 14.2 Å². The zero-order chi connectivity index (χ0) is 22.9. The van der Waals surface area contributed by atoms with Crippen molar-refractivity contribution in [2.45, 2.75) is 66.1 Å². The third kappa shape index (κ3) is 9.14. The minimum absolute atomic E-state index is 0.101. The van der Waals surface area contributed by atoms with Crippen LogP contribution in [0.15, 0.2) is 54.6 Å². The third-order valence-electron chi connectivity index (χ3n) is 5.03. The second kappa shape index (κ2) is 11.9. The van der Waals surface area contributed by atoms with Gasteiger partial charge in [-0.25, -0.2) is 4.79 Å². The van der Waals surface area contributed by atoms with Gasteiger partial charge in [-0.05, 0) is 46.9 Å². The van der Waals surface area contributed by atoms with Gasteiger partial charge in [0.2, 0.25) is 6.29 Å². The first-order chi connectivity index (χ1) is 14.7. The van der Waals surface area contributed by atoms with Gasteiger partial charge in [0.25, 0.3) is 0 Å². The fraction of sp³-hybridized carbons (Fsp3) is 0.519. The predicted octanol–water partition coefficient (Wildman–Crippen LogP) is 6.17. The topological polar surface area (TPSA) is 44.8 Å². The van der Waals surface area contributed by atoms with E-state index in [4.69, 9.17) is 14.2 Å². The normalized spacial score (nSPS) is 12.8. The lowest BCUT2D eigenvalue weighted by atomic mass is 9.78. The molecule has 0 saturated carbocycles. The van der Waals surface area contributed by atoms with Crippen molar-refractivity contribution < 1.29 is 19.0 Å². The van der Waals surface area contributed by atoms with Gasteiger partial charge in [-0.2, -0.15) is 0 Å². The van der Waals surface area contributed by atoms with Gasteiger partial charge in [-0.1, -0.05) is 84.0 Å². The summed E-state index contributed by atoms with van der Waals surface area (Å²) in [5.74, 6) is 1.20. The molecule has 0 aromatic heterocycles. The summed E-state index contributed by atoms with van der Waals surface area (Å²) in [7, 11) is 0. The van der Waals surface area contributed by atoms with E-state index in [1.165, 1.54) is 5.56 Å². The number of carbonyl (C=O) groups is 1. The van der Waals surface area contributed by atoms with Crippen LogP contribution in [0.2, 0.25) is 0 Å². The average molecular weight is 427 g/mol. The van der Waals surface area contributed by atoms with E-state index in [1.807, 2.05) is 42.5 Å². The second-order valence-electron chi connectivity index (χ2n) is 9.63. The summed E-state index contributed by atoms with van der Waals surface area (Å²) in [4.78, 5) is 12.4. The highest BCUT2D eigenvalue weighted by atomic mass is 16.7. The summed E-state index contributed by atoms with van der Waals surface area (Å²) >= 11 is 0. The van der Waals surface area contributed by atoms with Crippen molar-refractivity contribution in [3.05, 3.63) is 65.7 Å². The first kappa shape index (κ1) is 24.9. The monoisotopic (exact) mass is 426 g/mol. The maximum absolute atomic E-state index is 12.4. The summed E-state index contributed by atoms with van der Waals surface area (Å²) < 4.78 is 17.0. The lowest BCUT2D eigenvalue weighted by molar-refractivity contribution is -0.182. The van der Waals surface area contributed by atoms with Crippen molar-refractivity contribution in [3.8, 4) is 5.75 Å². The van der Waals surface area contributed by atoms with Crippen LogP contribution in [0.5, 0.6) is 5.75 Å². The van der Waals surface area contributed by atoms with Crippen LogP contribution in [0.4, 0.5) is 0 Å². The number of hydrogen-bond donors (Lipinski definition) is 0. The van der Waals surface area contributed by atoms with Crippen molar-refractivity contribution in [2.24, 2.45) is 11.8 Å². The fourth-order valence-corrected chi connectivity index (χ4v) is 3.70. The molecule has 0 heterocycles. The Kier molecular flexibility index (Phi) is 9.57. The minimum atomic E-state index is -0.625. The molecule has 4 nitrogen and oxygen atoms in total. The molecule has 1 atom stereocenters. The third-order valence-corrected chi connectivity index (χ3v) is 5.03. The standard InChI is InChI=1S/C27H38O4/c1-20(2)17-27(5,6)23-12-14-24(15-13-23)29-19-25(28)31-26(30-18-21(3)4)16-22-10-8-7-9-11-22/h7-15,20-21,26H,16-19H2,1-6H3. The molecule has 0 fully saturated rings. The molecule has 2 rings (SSSR count). The summed E-state index contributed by atoms with van der Waals surface area (Å²) in [6.45, 7) is 13.5. The SMILES string of the molecule is CC(C)COC(Cc1ccccc1)OC(=O)COc1ccc(C(C)(C)CC(C)C)cc1. The van der Waals surface area contributed by atoms with Gasteiger partial charge in [0, 0.05) is 6.42 Å². The molecule has 4 heteroatoms. The molecule has 1 unspecified atom stereocenters. The Labute approximate surface area is 187 Å². The smallest absolute Gasteiger partial charge is 0.346 e. The number of hydrogen-bond acceptors (Lipinski definition) is 4. The van der Waals surface area contributed by atoms with Gasteiger partial charge in [-0.15, -0.1) is 0 Å². The Morgan fingerprint density at radius 2 is 1.55 bits per heavy atom. The molecule has 0 amide bonds. The van der Waals surface area contributed by atoms with Crippen LogP contribution in [0.25, 0.3) is 0 Å². The van der Waals surface area contributed by atoms with Gasteiger partial charge in [0.1, 0.15) is 5.75 Å². The van der Waals surface area contributed by atoms with Crippen LogP contribution < -0.4 is 4.74 Å². The van der Waals surface area contributed by atoms with E-state index in [1.54, 1.807) is 0 Å². The Balaban J connectivity index is 1.90. The van der Waals surface area contributed by atoms with Gasteiger partial charge in [0.05, 0.1) is 6.61 Å². The lowest BCUT2D eigenvalue weighted by Crippen LogP contribution is -2.28. The van der Waals surface area contributed by atoms with E-state index in [2.05, 4.69) is 53.7 Å². The summed E-state index contributed by atoms with van der Waals surface area (Å²) in [6.07, 6.45) is 0.998. The van der Waals surface area contributed by atoms with Gasteiger partial charge >= 0.3 is 5.97 Å². The summed E-state index contributed by atoms with van der Waals surface area (Å²) in [6, 6.07) is 17.9. The quantitative estimate of drug-likeness (QED) is 0.300. The van der Waals surface area contributed by atoms with E-state index in [-0.39, 0.29) is 12.0 Å². The molecular formula is C27H38O4. The van der Waals surface area contributed by atoms with E-state index in [0.29, 0.717) is 30.6 Å². The molecule has 31 heavy (non-hydrogen) atoms. The van der Waals surface area contributed by atoms with Crippen LogP contribution in [-0.2, 0) is 26.1 Å². The number of rotatable bonds is 12. The Morgan fingerprint density at radius 1 is 0.903 bits per heavy atom. The molecular weight excluding hydrogens is 388 g/mol.